The largest absolute Gasteiger partial charge is 0.459 e. The van der Waals surface area contributed by atoms with E-state index in [1.807, 2.05) is 26.8 Å². The molecule has 3 heterocycles. The van der Waals surface area contributed by atoms with Gasteiger partial charge in [0.1, 0.15) is 47.6 Å². The summed E-state index contributed by atoms with van der Waals surface area (Å²) in [6, 6.07) is -0.952. The highest BCUT2D eigenvalue weighted by molar-refractivity contribution is 6.02. The lowest BCUT2D eigenvalue weighted by Gasteiger charge is -2.63. The first-order chi connectivity index (χ1) is 26.8. The van der Waals surface area contributed by atoms with Crippen LogP contribution in [-0.4, -0.2) is 134 Å². The van der Waals surface area contributed by atoms with Crippen molar-refractivity contribution in [3.05, 3.63) is 36.1 Å². The zero-order valence-corrected chi connectivity index (χ0v) is 34.1. The summed E-state index contributed by atoms with van der Waals surface area (Å²) in [4.78, 5) is 58.9. The Morgan fingerprint density at radius 1 is 1.02 bits per heavy atom. The molecule has 17 nitrogen and oxygen atoms in total. The third kappa shape index (κ3) is 6.10. The zero-order chi connectivity index (χ0) is 42.7. The van der Waals surface area contributed by atoms with Gasteiger partial charge in [0.2, 0.25) is 12.1 Å². The van der Waals surface area contributed by atoms with Gasteiger partial charge in [-0.25, -0.2) is 15.0 Å². The lowest BCUT2D eigenvalue weighted by atomic mass is 9.39. The molecule has 1 aliphatic heterocycles. The molecule has 0 spiro atoms. The van der Waals surface area contributed by atoms with Crippen molar-refractivity contribution in [1.82, 2.24) is 19.9 Å². The lowest BCUT2D eigenvalue weighted by Crippen LogP contribution is -2.64. The van der Waals surface area contributed by atoms with E-state index in [0.29, 0.717) is 29.0 Å². The quantitative estimate of drug-likeness (QED) is 0.151. The van der Waals surface area contributed by atoms with Crippen LogP contribution in [-0.2, 0) is 23.9 Å². The van der Waals surface area contributed by atoms with Crippen LogP contribution in [0.15, 0.2) is 36.1 Å². The number of aliphatic hydroxyl groups excluding tert-OH is 5. The van der Waals surface area contributed by atoms with Crippen molar-refractivity contribution in [2.24, 2.45) is 39.4 Å². The Morgan fingerprint density at radius 2 is 1.71 bits per heavy atom. The van der Waals surface area contributed by atoms with Crippen LogP contribution >= 0.6 is 0 Å². The predicted molar refractivity (Wildman–Crippen MR) is 205 cm³/mol. The number of fused-ring (bicyclic) bond motifs is 6. The summed E-state index contributed by atoms with van der Waals surface area (Å²) < 4.78 is 11.5. The number of H-pyrrole nitrogens is 1. The molecule has 2 saturated carbocycles. The highest BCUT2D eigenvalue weighted by Gasteiger charge is 2.74. The fourth-order valence-corrected chi connectivity index (χ4v) is 11.4. The molecule has 17 heteroatoms. The van der Waals surface area contributed by atoms with Crippen LogP contribution in [0.4, 0.5) is 5.82 Å². The van der Waals surface area contributed by atoms with Crippen LogP contribution in [0.5, 0.6) is 0 Å². The Labute approximate surface area is 336 Å². The van der Waals surface area contributed by atoms with Crippen molar-refractivity contribution in [2.75, 3.05) is 11.9 Å². The molecule has 0 aromatic carbocycles. The Balaban J connectivity index is 1.20. The van der Waals surface area contributed by atoms with Gasteiger partial charge in [0.05, 0.1) is 36.1 Å². The van der Waals surface area contributed by atoms with Crippen LogP contribution in [0.3, 0.4) is 0 Å². The fourth-order valence-electron chi connectivity index (χ4n) is 11.4. The minimum absolute atomic E-state index is 0.109. The van der Waals surface area contributed by atoms with E-state index in [-0.39, 0.29) is 30.8 Å². The monoisotopic (exact) mass is 811 g/mol. The number of anilines is 1. The molecule has 4 aliphatic carbocycles. The number of rotatable bonds is 10. The molecule has 318 valence electrons. The van der Waals surface area contributed by atoms with E-state index in [9.17, 15) is 50.1 Å². The first-order valence-electron chi connectivity index (χ1n) is 19.9. The number of ether oxygens (including phenoxy) is 2. The normalized spacial score (nSPS) is 40.1. The summed E-state index contributed by atoms with van der Waals surface area (Å²) in [6.45, 7) is 12.9. The first kappa shape index (κ1) is 42.4. The summed E-state index contributed by atoms with van der Waals surface area (Å²) in [5.41, 5.74) is -6.34. The van der Waals surface area contributed by atoms with Crippen molar-refractivity contribution >= 4 is 34.3 Å². The number of hydrogen-bond acceptors (Lipinski definition) is 16. The fraction of sp³-hybridized carbons (Fsp3) is 0.707. The number of imidazole rings is 1. The van der Waals surface area contributed by atoms with Crippen LogP contribution < -0.4 is 5.32 Å². The van der Waals surface area contributed by atoms with E-state index in [2.05, 4.69) is 25.3 Å². The summed E-state index contributed by atoms with van der Waals surface area (Å²) in [5.74, 6) is -3.40. The number of allylic oxidation sites excluding steroid dienone is 4. The number of aromatic nitrogens is 4. The number of nitrogens with zero attached hydrogens (tertiary/aromatic N) is 3. The van der Waals surface area contributed by atoms with Gasteiger partial charge in [0.15, 0.2) is 23.0 Å². The Kier molecular flexibility index (Phi) is 10.2. The highest BCUT2D eigenvalue weighted by Crippen LogP contribution is 2.74. The number of carbonyl (C=O) groups excluding carboxylic acids is 3. The van der Waals surface area contributed by atoms with E-state index in [0.717, 1.165) is 0 Å². The first-order valence-corrected chi connectivity index (χ1v) is 19.9. The second kappa shape index (κ2) is 13.9. The van der Waals surface area contributed by atoms with Crippen LogP contribution in [0, 0.1) is 39.4 Å². The second-order valence-corrected chi connectivity index (χ2v) is 19.1. The Morgan fingerprint density at radius 3 is 2.36 bits per heavy atom. The molecule has 9 N–H and O–H groups in total. The van der Waals surface area contributed by atoms with Gasteiger partial charge in [0.25, 0.3) is 0 Å². The van der Waals surface area contributed by atoms with E-state index < -0.39 is 112 Å². The molecule has 0 radical (unpaired) electrons. The smallest absolute Gasteiger partial charge is 0.229 e. The maximum Gasteiger partial charge on any atom is 0.229 e. The minimum atomic E-state index is -2.15. The van der Waals surface area contributed by atoms with Gasteiger partial charge in [-0.3, -0.25) is 14.4 Å². The summed E-state index contributed by atoms with van der Waals surface area (Å²) >= 11 is 0. The van der Waals surface area contributed by atoms with Crippen LogP contribution in [0.2, 0.25) is 0 Å². The number of carbonyl (C=O) groups is 3. The number of aliphatic hydroxyl groups is 7. The van der Waals surface area contributed by atoms with E-state index in [1.54, 1.807) is 19.9 Å². The minimum Gasteiger partial charge on any atom is -0.459 e. The number of aromatic amines is 1. The van der Waals surface area contributed by atoms with Gasteiger partial charge in [-0.2, -0.15) is 0 Å². The third-order valence-electron chi connectivity index (χ3n) is 15.1. The standard InChI is InChI=1S/C41H57N5O12/c1-36(2)18-9-10-23-38(5)13-20(48)31(41(8,56)25(49)12-24(37(3,4)55)46-34-27-33(43-16-42-27)44-17-45-34)39(38,6)14-26(50)40(23,7)19(18)11-21(32(36)54)57-35-30(53)29(52)28(51)22(15-47)58-35/h9,11,16-17,19-20,22-24,28-31,35,47-48,51-53,55-56H,10,12-15H2,1-8H3,(H2,42,43,44,45,46)/t19-,20-,22-,23+,24?,28-,29+,30-,31+,35-,38+,39-,40+,41+/m1/s1. The molecule has 1 saturated heterocycles. The molecule has 2 aromatic heterocycles. The average Bonchev–Trinajstić information content (AvgIpc) is 3.70. The molecule has 58 heavy (non-hydrogen) atoms. The zero-order valence-electron chi connectivity index (χ0n) is 34.1. The maximum absolute atomic E-state index is 15.0. The summed E-state index contributed by atoms with van der Waals surface area (Å²) in [6.07, 6.45) is -2.89. The van der Waals surface area contributed by atoms with Gasteiger partial charge >= 0.3 is 0 Å². The van der Waals surface area contributed by atoms with E-state index in [1.165, 1.54) is 33.4 Å². The molecule has 1 unspecified atom stereocenters. The van der Waals surface area contributed by atoms with Gasteiger partial charge in [-0.05, 0) is 70.3 Å². The van der Waals surface area contributed by atoms with Crippen molar-refractivity contribution in [3.8, 4) is 0 Å². The highest BCUT2D eigenvalue weighted by atomic mass is 16.7. The number of nitrogens with one attached hydrogen (secondary N) is 2. The number of ketones is 3. The van der Waals surface area contributed by atoms with Crippen molar-refractivity contribution in [1.29, 1.82) is 0 Å². The molecule has 5 aliphatic rings. The number of Topliss-reactive ketones (excluding diaryl/α,β-unsaturated/α-hetero) is 3. The molecule has 0 bridgehead atoms. The van der Waals surface area contributed by atoms with E-state index in [4.69, 9.17) is 9.47 Å². The molecule has 14 atom stereocenters. The van der Waals surface area contributed by atoms with Gasteiger partial charge in [0, 0.05) is 30.1 Å². The molecular weight excluding hydrogens is 754 g/mol. The van der Waals surface area contributed by atoms with Crippen LogP contribution in [0.25, 0.3) is 11.2 Å². The van der Waals surface area contributed by atoms with Gasteiger partial charge in [-0.15, -0.1) is 0 Å². The molecular formula is C41H57N5O12. The SMILES string of the molecule is CC1(C)C(=O)C(O[C@@H]2O[C@H](CO)[C@@H](O)[C@H](O)[C@H]2O)=C[C@@H]2C1=CC[C@@H]1[C@@]2(C)C(=O)C[C@]2(C)[C@@H]([C@@](C)(O)C(=O)CC(Nc3ncnc4nc[nH]c34)C(C)(C)O)[C@H](O)C[C@@]12C. The maximum atomic E-state index is 15.0. The lowest BCUT2D eigenvalue weighted by molar-refractivity contribution is -0.291. The summed E-state index contributed by atoms with van der Waals surface area (Å²) in [7, 11) is 0. The van der Waals surface area contributed by atoms with Crippen molar-refractivity contribution in [3.63, 3.8) is 0 Å². The van der Waals surface area contributed by atoms with Gasteiger partial charge < -0.3 is 55.5 Å². The third-order valence-corrected chi connectivity index (χ3v) is 15.1. The second-order valence-electron chi connectivity index (χ2n) is 19.1. The van der Waals surface area contributed by atoms with Crippen LogP contribution in [0.1, 0.15) is 81.1 Å². The number of hydrogen-bond donors (Lipinski definition) is 9. The van der Waals surface area contributed by atoms with Gasteiger partial charge in [-0.1, -0.05) is 32.4 Å². The topological polar surface area (TPSA) is 278 Å². The van der Waals surface area contributed by atoms with Crippen molar-refractivity contribution < 1.29 is 59.6 Å². The summed E-state index contributed by atoms with van der Waals surface area (Å²) in [5, 5.41) is 79.9. The molecule has 7 rings (SSSR count). The predicted octanol–water partition coefficient (Wildman–Crippen LogP) is 0.859. The van der Waals surface area contributed by atoms with Crippen molar-refractivity contribution in [2.45, 2.75) is 135 Å². The van der Waals surface area contributed by atoms with E-state index >= 15 is 0 Å². The molecule has 0 amide bonds. The Bertz CT molecular complexity index is 2060. The molecule has 2 aromatic rings. The Hall–Kier alpha value is -3.68. The average molecular weight is 812 g/mol. The molecule has 3 fully saturated rings.